The smallest absolute Gasteiger partial charge is 0.330 e. The molecule has 0 aliphatic heterocycles. The van der Waals surface area contributed by atoms with Crippen LogP contribution in [0.25, 0.3) is 22.8 Å². The standard InChI is InChI=1S/C19H21N7O/c1-3-10-25-11-9-20-18(25)16-15(14-7-5-4-6-8-14)21-12-26(16)13(2)17-22-19(27)24-23-17/h4-9,11-13H,3,10H2,1-2H3,(H2,22,23,24,27)/t13-/m0/s1. The largest absolute Gasteiger partial charge is 0.340 e. The van der Waals surface area contributed by atoms with Gasteiger partial charge >= 0.3 is 5.69 Å². The molecule has 27 heavy (non-hydrogen) atoms. The van der Waals surface area contributed by atoms with Gasteiger partial charge in [-0.2, -0.15) is 5.10 Å². The molecule has 8 nitrogen and oxygen atoms in total. The Bertz CT molecular complexity index is 1090. The van der Waals surface area contributed by atoms with E-state index in [1.54, 1.807) is 12.5 Å². The van der Waals surface area contributed by atoms with Crippen molar-refractivity contribution in [3.05, 3.63) is 65.4 Å². The van der Waals surface area contributed by atoms with Gasteiger partial charge in [0.1, 0.15) is 5.69 Å². The number of benzene rings is 1. The van der Waals surface area contributed by atoms with E-state index < -0.39 is 0 Å². The van der Waals surface area contributed by atoms with Gasteiger partial charge in [-0.05, 0) is 13.3 Å². The summed E-state index contributed by atoms with van der Waals surface area (Å²) in [6.45, 7) is 4.97. The van der Waals surface area contributed by atoms with Crippen molar-refractivity contribution < 1.29 is 0 Å². The summed E-state index contributed by atoms with van der Waals surface area (Å²) in [4.78, 5) is 23.5. The lowest BCUT2D eigenvalue weighted by molar-refractivity contribution is 0.599. The van der Waals surface area contributed by atoms with Crippen LogP contribution >= 0.6 is 0 Å². The molecule has 0 saturated heterocycles. The number of hydrogen-bond acceptors (Lipinski definition) is 4. The second kappa shape index (κ2) is 7.06. The van der Waals surface area contributed by atoms with Crippen LogP contribution in [0.5, 0.6) is 0 Å². The molecule has 0 spiro atoms. The van der Waals surface area contributed by atoms with E-state index >= 15 is 0 Å². The number of H-pyrrole nitrogens is 2. The van der Waals surface area contributed by atoms with Gasteiger partial charge in [-0.15, -0.1) is 0 Å². The fraction of sp³-hybridized carbons (Fsp3) is 0.263. The van der Waals surface area contributed by atoms with Crippen LogP contribution in [0.4, 0.5) is 0 Å². The predicted octanol–water partition coefficient (Wildman–Crippen LogP) is 2.84. The number of aryl methyl sites for hydroxylation is 1. The maximum absolute atomic E-state index is 11.5. The van der Waals surface area contributed by atoms with Crippen LogP contribution in [0.3, 0.4) is 0 Å². The third-order valence-corrected chi connectivity index (χ3v) is 4.57. The fourth-order valence-corrected chi connectivity index (χ4v) is 3.24. The van der Waals surface area contributed by atoms with Crippen LogP contribution in [-0.4, -0.2) is 34.3 Å². The Hall–Kier alpha value is -3.42. The topological polar surface area (TPSA) is 97.2 Å². The SMILES string of the molecule is CCCn1ccnc1-c1c(-c2ccccc2)ncn1[C@@H](C)c1n[nH]c(=O)[nH]1. The van der Waals surface area contributed by atoms with Gasteiger partial charge in [0.25, 0.3) is 0 Å². The maximum atomic E-state index is 11.5. The van der Waals surface area contributed by atoms with Gasteiger partial charge in [0, 0.05) is 24.5 Å². The van der Waals surface area contributed by atoms with Gasteiger partial charge < -0.3 is 9.13 Å². The molecule has 0 bridgehead atoms. The van der Waals surface area contributed by atoms with E-state index in [1.165, 1.54) is 0 Å². The minimum atomic E-state index is -0.325. The van der Waals surface area contributed by atoms with E-state index in [0.29, 0.717) is 5.82 Å². The zero-order chi connectivity index (χ0) is 18.8. The van der Waals surface area contributed by atoms with E-state index in [-0.39, 0.29) is 11.7 Å². The molecule has 4 aromatic rings. The van der Waals surface area contributed by atoms with Crippen molar-refractivity contribution in [2.75, 3.05) is 0 Å². The quantitative estimate of drug-likeness (QED) is 0.550. The summed E-state index contributed by atoms with van der Waals surface area (Å²) < 4.78 is 4.13. The van der Waals surface area contributed by atoms with Crippen LogP contribution in [0.2, 0.25) is 0 Å². The Kier molecular flexibility index (Phi) is 4.45. The van der Waals surface area contributed by atoms with Gasteiger partial charge in [-0.25, -0.2) is 19.9 Å². The molecule has 0 aliphatic rings. The molecular formula is C19H21N7O. The van der Waals surface area contributed by atoms with E-state index in [2.05, 4.69) is 36.6 Å². The van der Waals surface area contributed by atoms with Crippen LogP contribution in [0.1, 0.15) is 32.1 Å². The lowest BCUT2D eigenvalue weighted by Gasteiger charge is -2.16. The number of nitrogens with one attached hydrogen (secondary N) is 2. The van der Waals surface area contributed by atoms with Gasteiger partial charge in [0.15, 0.2) is 11.6 Å². The first kappa shape index (κ1) is 17.0. The third-order valence-electron chi connectivity index (χ3n) is 4.57. The highest BCUT2D eigenvalue weighted by molar-refractivity contribution is 5.75. The molecule has 0 saturated carbocycles. The molecule has 0 unspecified atom stereocenters. The van der Waals surface area contributed by atoms with Gasteiger partial charge in [0.05, 0.1) is 18.1 Å². The number of aromatic amines is 2. The van der Waals surface area contributed by atoms with E-state index in [9.17, 15) is 4.79 Å². The molecule has 3 heterocycles. The Morgan fingerprint density at radius 3 is 2.70 bits per heavy atom. The third kappa shape index (κ3) is 3.10. The van der Waals surface area contributed by atoms with E-state index in [0.717, 1.165) is 35.7 Å². The van der Waals surface area contributed by atoms with Crippen LogP contribution in [0, 0.1) is 0 Å². The maximum Gasteiger partial charge on any atom is 0.340 e. The number of imidazole rings is 2. The second-order valence-corrected chi connectivity index (χ2v) is 6.40. The molecule has 4 rings (SSSR count). The molecule has 0 amide bonds. The summed E-state index contributed by atoms with van der Waals surface area (Å²) in [5.41, 5.74) is 2.44. The van der Waals surface area contributed by atoms with Gasteiger partial charge in [-0.3, -0.25) is 4.98 Å². The highest BCUT2D eigenvalue weighted by Crippen LogP contribution is 2.33. The summed E-state index contributed by atoms with van der Waals surface area (Å²) in [5.74, 6) is 1.39. The average molecular weight is 363 g/mol. The Balaban J connectivity index is 1.91. The Labute approximate surface area is 155 Å². The van der Waals surface area contributed by atoms with Crippen LogP contribution < -0.4 is 5.69 Å². The molecule has 2 N–H and O–H groups in total. The van der Waals surface area contributed by atoms with Gasteiger partial charge in [-0.1, -0.05) is 37.3 Å². The highest BCUT2D eigenvalue weighted by Gasteiger charge is 2.23. The summed E-state index contributed by atoms with van der Waals surface area (Å²) in [6.07, 6.45) is 6.56. The molecule has 0 aliphatic carbocycles. The van der Waals surface area contributed by atoms with Crippen LogP contribution in [-0.2, 0) is 6.54 Å². The first-order valence-corrected chi connectivity index (χ1v) is 8.97. The molecule has 0 radical (unpaired) electrons. The van der Waals surface area contributed by atoms with Crippen molar-refractivity contribution in [1.82, 2.24) is 34.3 Å². The van der Waals surface area contributed by atoms with Crippen LogP contribution in [0.15, 0.2) is 53.8 Å². The highest BCUT2D eigenvalue weighted by atomic mass is 16.1. The Morgan fingerprint density at radius 1 is 1.19 bits per heavy atom. The zero-order valence-corrected chi connectivity index (χ0v) is 15.3. The monoisotopic (exact) mass is 363 g/mol. The minimum absolute atomic E-state index is 0.212. The zero-order valence-electron chi connectivity index (χ0n) is 15.3. The Morgan fingerprint density at radius 2 is 2.00 bits per heavy atom. The lowest BCUT2D eigenvalue weighted by Crippen LogP contribution is -2.12. The molecule has 138 valence electrons. The molecule has 3 aromatic heterocycles. The summed E-state index contributed by atoms with van der Waals surface area (Å²) in [7, 11) is 0. The first-order chi connectivity index (χ1) is 13.2. The van der Waals surface area contributed by atoms with Crippen molar-refractivity contribution in [1.29, 1.82) is 0 Å². The summed E-state index contributed by atoms with van der Waals surface area (Å²) in [6, 6.07) is 9.82. The molecule has 1 aromatic carbocycles. The van der Waals surface area contributed by atoms with Gasteiger partial charge in [0.2, 0.25) is 0 Å². The number of rotatable bonds is 6. The van der Waals surface area contributed by atoms with E-state index in [1.807, 2.05) is 48.0 Å². The molecule has 1 atom stereocenters. The van der Waals surface area contributed by atoms with Crippen molar-refractivity contribution in [2.45, 2.75) is 32.9 Å². The van der Waals surface area contributed by atoms with Crippen molar-refractivity contribution in [3.8, 4) is 22.8 Å². The van der Waals surface area contributed by atoms with Crippen molar-refractivity contribution in [2.24, 2.45) is 0 Å². The normalized spacial score (nSPS) is 12.4. The average Bonchev–Trinajstić information content (AvgIpc) is 3.41. The van der Waals surface area contributed by atoms with Crippen molar-refractivity contribution >= 4 is 0 Å². The number of aromatic nitrogens is 7. The van der Waals surface area contributed by atoms with Crippen molar-refractivity contribution in [3.63, 3.8) is 0 Å². The fourth-order valence-electron chi connectivity index (χ4n) is 3.24. The lowest BCUT2D eigenvalue weighted by atomic mass is 10.1. The molecule has 0 fully saturated rings. The summed E-state index contributed by atoms with van der Waals surface area (Å²) in [5, 5.41) is 6.51. The number of hydrogen-bond donors (Lipinski definition) is 2. The second-order valence-electron chi connectivity index (χ2n) is 6.40. The molecular weight excluding hydrogens is 342 g/mol. The minimum Gasteiger partial charge on any atom is -0.330 e. The summed E-state index contributed by atoms with van der Waals surface area (Å²) >= 11 is 0. The first-order valence-electron chi connectivity index (χ1n) is 8.97. The number of nitrogens with zero attached hydrogens (tertiary/aromatic N) is 5. The predicted molar refractivity (Wildman–Crippen MR) is 102 cm³/mol. The van der Waals surface area contributed by atoms with E-state index in [4.69, 9.17) is 0 Å². The molecule has 8 heteroatoms.